The van der Waals surface area contributed by atoms with Gasteiger partial charge in [-0.05, 0) is 70.5 Å². The highest BCUT2D eigenvalue weighted by Gasteiger charge is 2.15. The van der Waals surface area contributed by atoms with Crippen molar-refractivity contribution in [3.05, 3.63) is 119 Å². The summed E-state index contributed by atoms with van der Waals surface area (Å²) in [6.45, 7) is 0.715. The lowest BCUT2D eigenvalue weighted by Crippen LogP contribution is -2.08. The van der Waals surface area contributed by atoms with E-state index in [2.05, 4.69) is 60.7 Å². The van der Waals surface area contributed by atoms with Crippen molar-refractivity contribution < 1.29 is 9.84 Å². The molecule has 0 fully saturated rings. The van der Waals surface area contributed by atoms with Crippen molar-refractivity contribution >= 4 is 0 Å². The van der Waals surface area contributed by atoms with Crippen molar-refractivity contribution in [2.24, 2.45) is 0 Å². The van der Waals surface area contributed by atoms with Crippen LogP contribution in [0, 0.1) is 22.7 Å². The number of ether oxygens (including phenoxy) is 1. The van der Waals surface area contributed by atoms with E-state index < -0.39 is 0 Å². The fourth-order valence-electron chi connectivity index (χ4n) is 3.98. The van der Waals surface area contributed by atoms with Crippen molar-refractivity contribution in [2.45, 2.75) is 18.9 Å². The number of aliphatic hydroxyl groups is 1. The standard InChI is InChI=1S/C31H26N2O2/c32-21-23-3-7-25(8-4-23)27-11-15-29(16-12-27)31(35-20-2-1-19-34)30-17-13-28(14-18-30)26-9-5-24(22-33)6-10-26/h3-18,31,34H,1-2,19-20H2. The average Bonchev–Trinajstić information content (AvgIpc) is 2.93. The highest BCUT2D eigenvalue weighted by atomic mass is 16.5. The second-order valence-electron chi connectivity index (χ2n) is 8.30. The Labute approximate surface area is 206 Å². The van der Waals surface area contributed by atoms with Gasteiger partial charge in [-0.25, -0.2) is 0 Å². The molecule has 0 radical (unpaired) electrons. The summed E-state index contributed by atoms with van der Waals surface area (Å²) in [5.41, 5.74) is 7.67. The van der Waals surface area contributed by atoms with Gasteiger partial charge in [0.1, 0.15) is 6.10 Å². The van der Waals surface area contributed by atoms with E-state index in [0.29, 0.717) is 24.2 Å². The fourth-order valence-corrected chi connectivity index (χ4v) is 3.98. The number of aliphatic hydroxyl groups excluding tert-OH is 1. The van der Waals surface area contributed by atoms with Crippen LogP contribution in [-0.2, 0) is 4.74 Å². The third kappa shape index (κ3) is 6.02. The van der Waals surface area contributed by atoms with E-state index in [4.69, 9.17) is 20.4 Å². The second kappa shape index (κ2) is 11.8. The normalized spacial score (nSPS) is 10.6. The van der Waals surface area contributed by atoms with E-state index in [1.54, 1.807) is 0 Å². The summed E-state index contributed by atoms with van der Waals surface area (Å²) in [5.74, 6) is 0. The lowest BCUT2D eigenvalue weighted by molar-refractivity contribution is 0.0742. The maximum Gasteiger partial charge on any atom is 0.108 e. The molecule has 4 aromatic rings. The van der Waals surface area contributed by atoms with E-state index in [-0.39, 0.29) is 12.7 Å². The molecular weight excluding hydrogens is 432 g/mol. The summed E-state index contributed by atoms with van der Waals surface area (Å²) in [4.78, 5) is 0. The Hall–Kier alpha value is -4.22. The fraction of sp³-hybridized carbons (Fsp3) is 0.161. The van der Waals surface area contributed by atoms with Gasteiger partial charge in [0.15, 0.2) is 0 Å². The van der Waals surface area contributed by atoms with Gasteiger partial charge in [-0.1, -0.05) is 72.8 Å². The van der Waals surface area contributed by atoms with Gasteiger partial charge in [-0.2, -0.15) is 10.5 Å². The number of unbranched alkanes of at least 4 members (excludes halogenated alkanes) is 1. The topological polar surface area (TPSA) is 77.0 Å². The molecular formula is C31H26N2O2. The molecule has 0 amide bonds. The molecule has 0 saturated carbocycles. The Morgan fingerprint density at radius 3 is 1.29 bits per heavy atom. The summed E-state index contributed by atoms with van der Waals surface area (Å²) in [7, 11) is 0. The molecule has 172 valence electrons. The van der Waals surface area contributed by atoms with E-state index in [9.17, 15) is 0 Å². The molecule has 4 rings (SSSR count). The number of hydrogen-bond donors (Lipinski definition) is 1. The van der Waals surface area contributed by atoms with Gasteiger partial charge in [0.25, 0.3) is 0 Å². The first kappa shape index (κ1) is 23.9. The maximum atomic E-state index is 9.12. The number of hydrogen-bond acceptors (Lipinski definition) is 4. The minimum absolute atomic E-state index is 0.159. The average molecular weight is 459 g/mol. The Kier molecular flexibility index (Phi) is 8.04. The van der Waals surface area contributed by atoms with Gasteiger partial charge >= 0.3 is 0 Å². The minimum atomic E-state index is -0.223. The molecule has 0 aliphatic rings. The Morgan fingerprint density at radius 2 is 0.943 bits per heavy atom. The zero-order valence-electron chi connectivity index (χ0n) is 19.4. The predicted molar refractivity (Wildman–Crippen MR) is 137 cm³/mol. The lowest BCUT2D eigenvalue weighted by atomic mass is 9.96. The Bertz CT molecular complexity index is 1210. The number of benzene rings is 4. The van der Waals surface area contributed by atoms with Crippen molar-refractivity contribution in [3.63, 3.8) is 0 Å². The van der Waals surface area contributed by atoms with Crippen LogP contribution in [0.3, 0.4) is 0 Å². The number of nitrogens with zero attached hydrogens (tertiary/aromatic N) is 2. The molecule has 0 aliphatic heterocycles. The summed E-state index contributed by atoms with van der Waals surface area (Å²) in [6, 6.07) is 36.1. The van der Waals surface area contributed by atoms with E-state index in [0.717, 1.165) is 39.8 Å². The van der Waals surface area contributed by atoms with Gasteiger partial charge in [0.05, 0.1) is 23.3 Å². The van der Waals surface area contributed by atoms with Crippen LogP contribution in [0.25, 0.3) is 22.3 Å². The molecule has 4 aromatic carbocycles. The van der Waals surface area contributed by atoms with Crippen molar-refractivity contribution in [1.82, 2.24) is 0 Å². The van der Waals surface area contributed by atoms with Gasteiger partial charge in [0, 0.05) is 13.2 Å². The molecule has 4 nitrogen and oxygen atoms in total. The first-order valence-electron chi connectivity index (χ1n) is 11.7. The molecule has 0 bridgehead atoms. The molecule has 0 heterocycles. The van der Waals surface area contributed by atoms with Crippen LogP contribution < -0.4 is 0 Å². The van der Waals surface area contributed by atoms with Crippen LogP contribution in [0.1, 0.15) is 41.2 Å². The third-order valence-corrected chi connectivity index (χ3v) is 5.96. The van der Waals surface area contributed by atoms with E-state index in [1.165, 1.54) is 0 Å². The maximum absolute atomic E-state index is 9.12. The molecule has 0 aromatic heterocycles. The SMILES string of the molecule is N#Cc1ccc(-c2ccc(C(OCCCCO)c3ccc(-c4ccc(C#N)cc4)cc3)cc2)cc1. The van der Waals surface area contributed by atoms with E-state index >= 15 is 0 Å². The summed E-state index contributed by atoms with van der Waals surface area (Å²) >= 11 is 0. The van der Waals surface area contributed by atoms with Crippen LogP contribution in [0.4, 0.5) is 0 Å². The Morgan fingerprint density at radius 1 is 0.571 bits per heavy atom. The monoisotopic (exact) mass is 458 g/mol. The predicted octanol–water partition coefficient (Wildman–Crippen LogP) is 6.64. The Balaban J connectivity index is 1.57. The first-order chi connectivity index (χ1) is 17.2. The van der Waals surface area contributed by atoms with Crippen LogP contribution in [0.2, 0.25) is 0 Å². The minimum Gasteiger partial charge on any atom is -0.396 e. The molecule has 0 unspecified atom stereocenters. The molecule has 4 heteroatoms. The van der Waals surface area contributed by atoms with Crippen LogP contribution in [-0.4, -0.2) is 18.3 Å². The molecule has 0 aliphatic carbocycles. The third-order valence-electron chi connectivity index (χ3n) is 5.96. The smallest absolute Gasteiger partial charge is 0.108 e. The highest BCUT2D eigenvalue weighted by Crippen LogP contribution is 2.31. The van der Waals surface area contributed by atoms with Crippen LogP contribution in [0.5, 0.6) is 0 Å². The van der Waals surface area contributed by atoms with Gasteiger partial charge in [0.2, 0.25) is 0 Å². The van der Waals surface area contributed by atoms with Crippen LogP contribution >= 0.6 is 0 Å². The molecule has 0 saturated heterocycles. The van der Waals surface area contributed by atoms with Gasteiger partial charge in [-0.3, -0.25) is 0 Å². The summed E-state index contributed by atoms with van der Waals surface area (Å²) in [5, 5.41) is 27.2. The molecule has 0 spiro atoms. The quantitative estimate of drug-likeness (QED) is 0.285. The lowest BCUT2D eigenvalue weighted by Gasteiger charge is -2.20. The summed E-state index contributed by atoms with van der Waals surface area (Å²) in [6.07, 6.45) is 1.28. The van der Waals surface area contributed by atoms with E-state index in [1.807, 2.05) is 48.5 Å². The van der Waals surface area contributed by atoms with Gasteiger partial charge in [-0.15, -0.1) is 0 Å². The largest absolute Gasteiger partial charge is 0.396 e. The first-order valence-corrected chi connectivity index (χ1v) is 11.7. The van der Waals surface area contributed by atoms with Gasteiger partial charge < -0.3 is 9.84 Å². The van der Waals surface area contributed by atoms with Crippen LogP contribution in [0.15, 0.2) is 97.1 Å². The van der Waals surface area contributed by atoms with Crippen molar-refractivity contribution in [3.8, 4) is 34.4 Å². The molecule has 0 atom stereocenters. The second-order valence-corrected chi connectivity index (χ2v) is 8.30. The van der Waals surface area contributed by atoms with Crippen molar-refractivity contribution in [2.75, 3.05) is 13.2 Å². The zero-order valence-corrected chi connectivity index (χ0v) is 19.4. The zero-order chi connectivity index (χ0) is 24.5. The van der Waals surface area contributed by atoms with Crippen molar-refractivity contribution in [1.29, 1.82) is 10.5 Å². The summed E-state index contributed by atoms with van der Waals surface area (Å²) < 4.78 is 6.28. The number of rotatable bonds is 9. The molecule has 35 heavy (non-hydrogen) atoms. The molecule has 1 N–H and O–H groups in total. The highest BCUT2D eigenvalue weighted by molar-refractivity contribution is 5.66. The number of nitriles is 2.